The number of hydrogen-bond acceptors (Lipinski definition) is 0. The van der Waals surface area contributed by atoms with E-state index in [0.717, 1.165) is 5.92 Å². The summed E-state index contributed by atoms with van der Waals surface area (Å²) in [7, 11) is 0. The Morgan fingerprint density at radius 1 is 1.27 bits per heavy atom. The Hall–Kier alpha value is -0.260. The Balaban J connectivity index is 4.31. The Morgan fingerprint density at radius 2 is 1.73 bits per heavy atom. The van der Waals surface area contributed by atoms with E-state index < -0.39 is 0 Å². The Bertz CT molecular complexity index is 131. The Morgan fingerprint density at radius 3 is 1.82 bits per heavy atom. The van der Waals surface area contributed by atoms with Gasteiger partial charge in [-0.2, -0.15) is 0 Å². The van der Waals surface area contributed by atoms with Crippen molar-refractivity contribution in [2.75, 3.05) is 0 Å². The summed E-state index contributed by atoms with van der Waals surface area (Å²) < 4.78 is 0. The SMILES string of the molecule is CCC(C=C(C)C)C(C)(C)C. The number of rotatable bonds is 2. The lowest BCUT2D eigenvalue weighted by Crippen LogP contribution is -2.17. The third-order valence-corrected chi connectivity index (χ3v) is 2.09. The summed E-state index contributed by atoms with van der Waals surface area (Å²) in [6.45, 7) is 13.5. The summed E-state index contributed by atoms with van der Waals surface area (Å²) in [6, 6.07) is 0. The molecule has 0 heteroatoms. The molecule has 0 N–H and O–H groups in total. The van der Waals surface area contributed by atoms with Crippen molar-refractivity contribution < 1.29 is 0 Å². The highest BCUT2D eigenvalue weighted by Gasteiger charge is 2.19. The average molecular weight is 154 g/mol. The molecule has 0 rings (SSSR count). The molecule has 0 aliphatic rings. The fourth-order valence-corrected chi connectivity index (χ4v) is 1.38. The van der Waals surface area contributed by atoms with E-state index >= 15 is 0 Å². The first-order valence-electron chi connectivity index (χ1n) is 4.53. The lowest BCUT2D eigenvalue weighted by molar-refractivity contribution is 0.285. The van der Waals surface area contributed by atoms with Crippen molar-refractivity contribution in [3.05, 3.63) is 11.6 Å². The maximum Gasteiger partial charge on any atom is -0.0185 e. The molecule has 0 aliphatic carbocycles. The molecule has 0 aliphatic heterocycles. The zero-order valence-electron chi connectivity index (χ0n) is 8.86. The molecule has 0 aromatic carbocycles. The van der Waals surface area contributed by atoms with Gasteiger partial charge in [0.2, 0.25) is 0 Å². The van der Waals surface area contributed by atoms with Gasteiger partial charge in [-0.05, 0) is 31.6 Å². The van der Waals surface area contributed by atoms with E-state index in [9.17, 15) is 0 Å². The van der Waals surface area contributed by atoms with Crippen LogP contribution in [-0.2, 0) is 0 Å². The second-order valence-corrected chi connectivity index (χ2v) is 4.62. The molecule has 0 nitrogen and oxygen atoms in total. The second kappa shape index (κ2) is 3.94. The van der Waals surface area contributed by atoms with Crippen LogP contribution in [0, 0.1) is 11.3 Å². The van der Waals surface area contributed by atoms with Crippen LogP contribution in [0.4, 0.5) is 0 Å². The summed E-state index contributed by atoms with van der Waals surface area (Å²) in [5.74, 6) is 0.729. The Kier molecular flexibility index (Phi) is 3.85. The van der Waals surface area contributed by atoms with Crippen LogP contribution in [0.5, 0.6) is 0 Å². The monoisotopic (exact) mass is 154 g/mol. The highest BCUT2D eigenvalue weighted by atomic mass is 14.2. The molecular weight excluding hydrogens is 132 g/mol. The van der Waals surface area contributed by atoms with E-state index in [4.69, 9.17) is 0 Å². The van der Waals surface area contributed by atoms with Gasteiger partial charge in [-0.3, -0.25) is 0 Å². The first kappa shape index (κ1) is 10.7. The van der Waals surface area contributed by atoms with Crippen LogP contribution in [0.3, 0.4) is 0 Å². The van der Waals surface area contributed by atoms with Crippen molar-refractivity contribution in [3.63, 3.8) is 0 Å². The van der Waals surface area contributed by atoms with Gasteiger partial charge in [-0.15, -0.1) is 0 Å². The van der Waals surface area contributed by atoms with Crippen molar-refractivity contribution >= 4 is 0 Å². The minimum absolute atomic E-state index is 0.423. The summed E-state index contributed by atoms with van der Waals surface area (Å²) in [4.78, 5) is 0. The molecule has 0 spiro atoms. The largest absolute Gasteiger partial charge is 0.0823 e. The minimum Gasteiger partial charge on any atom is -0.0823 e. The standard InChI is InChI=1S/C11H22/c1-7-10(8-9(2)3)11(4,5)6/h8,10H,7H2,1-6H3. The van der Waals surface area contributed by atoms with Gasteiger partial charge in [0.05, 0.1) is 0 Å². The van der Waals surface area contributed by atoms with Crippen molar-refractivity contribution in [2.45, 2.75) is 48.0 Å². The molecule has 0 bridgehead atoms. The van der Waals surface area contributed by atoms with Gasteiger partial charge < -0.3 is 0 Å². The van der Waals surface area contributed by atoms with Gasteiger partial charge in [0.15, 0.2) is 0 Å². The average Bonchev–Trinajstić information content (AvgIpc) is 1.79. The van der Waals surface area contributed by atoms with E-state index in [1.165, 1.54) is 12.0 Å². The van der Waals surface area contributed by atoms with Gasteiger partial charge in [0.25, 0.3) is 0 Å². The normalized spacial score (nSPS) is 14.4. The zero-order valence-corrected chi connectivity index (χ0v) is 8.86. The van der Waals surface area contributed by atoms with Gasteiger partial charge in [0, 0.05) is 0 Å². The fourth-order valence-electron chi connectivity index (χ4n) is 1.38. The van der Waals surface area contributed by atoms with Crippen LogP contribution < -0.4 is 0 Å². The maximum absolute atomic E-state index is 2.39. The molecular formula is C11H22. The van der Waals surface area contributed by atoms with Crippen molar-refractivity contribution in [2.24, 2.45) is 11.3 Å². The van der Waals surface area contributed by atoms with Crippen LogP contribution in [0.25, 0.3) is 0 Å². The van der Waals surface area contributed by atoms with Crippen molar-refractivity contribution in [3.8, 4) is 0 Å². The Labute approximate surface area is 71.7 Å². The molecule has 1 atom stereocenters. The summed E-state index contributed by atoms with van der Waals surface area (Å²) in [6.07, 6.45) is 3.63. The van der Waals surface area contributed by atoms with Crippen LogP contribution in [-0.4, -0.2) is 0 Å². The van der Waals surface area contributed by atoms with Crippen LogP contribution in [0.15, 0.2) is 11.6 Å². The smallest absolute Gasteiger partial charge is 0.0185 e. The number of hydrogen-bond donors (Lipinski definition) is 0. The number of allylic oxidation sites excluding steroid dienone is 2. The highest BCUT2D eigenvalue weighted by molar-refractivity contribution is 5.00. The molecule has 66 valence electrons. The summed E-state index contributed by atoms with van der Waals surface area (Å²) >= 11 is 0. The molecule has 0 saturated heterocycles. The molecule has 0 amide bonds. The quantitative estimate of drug-likeness (QED) is 0.527. The maximum atomic E-state index is 2.39. The predicted octanol–water partition coefficient (Wildman–Crippen LogP) is 4.02. The molecule has 0 aromatic heterocycles. The topological polar surface area (TPSA) is 0 Å². The lowest BCUT2D eigenvalue weighted by atomic mass is 9.78. The fraction of sp³-hybridized carbons (Fsp3) is 0.818. The molecule has 1 unspecified atom stereocenters. The summed E-state index contributed by atoms with van der Waals surface area (Å²) in [5.41, 5.74) is 1.86. The van der Waals surface area contributed by atoms with E-state index in [2.05, 4.69) is 47.6 Å². The predicted molar refractivity (Wildman–Crippen MR) is 52.7 cm³/mol. The minimum atomic E-state index is 0.423. The van der Waals surface area contributed by atoms with Gasteiger partial charge in [0.1, 0.15) is 0 Å². The first-order valence-corrected chi connectivity index (χ1v) is 4.53. The third kappa shape index (κ3) is 4.23. The molecule has 0 heterocycles. The second-order valence-electron chi connectivity index (χ2n) is 4.62. The third-order valence-electron chi connectivity index (χ3n) is 2.09. The van der Waals surface area contributed by atoms with Crippen LogP contribution in [0.2, 0.25) is 0 Å². The lowest BCUT2D eigenvalue weighted by Gasteiger charge is -2.27. The highest BCUT2D eigenvalue weighted by Crippen LogP contribution is 2.30. The van der Waals surface area contributed by atoms with Gasteiger partial charge in [-0.1, -0.05) is 39.3 Å². The molecule has 0 fully saturated rings. The van der Waals surface area contributed by atoms with E-state index in [1.54, 1.807) is 0 Å². The van der Waals surface area contributed by atoms with E-state index in [-0.39, 0.29) is 0 Å². The van der Waals surface area contributed by atoms with Crippen LogP contribution in [0.1, 0.15) is 48.0 Å². The molecule has 0 aromatic rings. The van der Waals surface area contributed by atoms with Gasteiger partial charge >= 0.3 is 0 Å². The van der Waals surface area contributed by atoms with Crippen LogP contribution >= 0.6 is 0 Å². The van der Waals surface area contributed by atoms with Crippen molar-refractivity contribution in [1.82, 2.24) is 0 Å². The molecule has 11 heavy (non-hydrogen) atoms. The zero-order chi connectivity index (χ0) is 9.07. The molecule has 0 radical (unpaired) electrons. The van der Waals surface area contributed by atoms with Gasteiger partial charge in [-0.25, -0.2) is 0 Å². The van der Waals surface area contributed by atoms with Crippen molar-refractivity contribution in [1.29, 1.82) is 0 Å². The van der Waals surface area contributed by atoms with E-state index in [1.807, 2.05) is 0 Å². The first-order chi connectivity index (χ1) is 4.88. The van der Waals surface area contributed by atoms with E-state index in [0.29, 0.717) is 5.41 Å². The summed E-state index contributed by atoms with van der Waals surface area (Å²) in [5, 5.41) is 0. The molecule has 0 saturated carbocycles.